The normalized spacial score (nSPS) is 10.7. The molecule has 0 saturated heterocycles. The number of hydrogen-bond acceptors (Lipinski definition) is 0. The maximum atomic E-state index is 2.39. The lowest BCUT2D eigenvalue weighted by molar-refractivity contribution is 1.09. The molecule has 0 aromatic heterocycles. The van der Waals surface area contributed by atoms with Crippen molar-refractivity contribution >= 4 is 21.5 Å². The largest absolute Gasteiger partial charge is 0.0683 e. The van der Waals surface area contributed by atoms with Crippen molar-refractivity contribution in [3.63, 3.8) is 0 Å². The van der Waals surface area contributed by atoms with Gasteiger partial charge in [-0.3, -0.25) is 0 Å². The second-order valence-electron chi connectivity index (χ2n) is 14.9. The van der Waals surface area contributed by atoms with Crippen LogP contribution in [0.3, 0.4) is 0 Å². The third kappa shape index (κ3) is 7.63. The molecule has 0 unspecified atom stereocenters. The first kappa shape index (κ1) is 39.7. The molecule has 58 heavy (non-hydrogen) atoms. The summed E-state index contributed by atoms with van der Waals surface area (Å²) >= 11 is 0. The van der Waals surface area contributed by atoms with Crippen LogP contribution in [0.4, 0.5) is 0 Å². The number of rotatable bonds is 4. The van der Waals surface area contributed by atoms with Crippen LogP contribution in [0, 0.1) is 20.8 Å². The molecule has 1 aliphatic rings. The molecule has 0 spiro atoms. The molecular weight excluding hydrogens is 697 g/mol. The van der Waals surface area contributed by atoms with E-state index in [0.29, 0.717) is 0 Å². The summed E-state index contributed by atoms with van der Waals surface area (Å²) in [5.41, 5.74) is 19.5. The van der Waals surface area contributed by atoms with Gasteiger partial charge in [-0.25, -0.2) is 0 Å². The first-order valence-electron chi connectivity index (χ1n) is 20.9. The highest BCUT2D eigenvalue weighted by atomic mass is 14.3. The maximum absolute atomic E-state index is 2.39. The smallest absolute Gasteiger partial charge is 0.000741 e. The van der Waals surface area contributed by atoms with Crippen LogP contribution in [-0.2, 0) is 0 Å². The van der Waals surface area contributed by atoms with Gasteiger partial charge in [0.1, 0.15) is 0 Å². The second kappa shape index (κ2) is 18.2. The van der Waals surface area contributed by atoms with E-state index in [1.807, 2.05) is 32.0 Å². The van der Waals surface area contributed by atoms with E-state index in [1.165, 1.54) is 111 Å². The van der Waals surface area contributed by atoms with Crippen LogP contribution in [0.25, 0.3) is 88.3 Å². The molecule has 0 nitrogen and oxygen atoms in total. The van der Waals surface area contributed by atoms with E-state index >= 15 is 0 Å². The highest BCUT2D eigenvalue weighted by molar-refractivity contribution is 6.28. The summed E-state index contributed by atoms with van der Waals surface area (Å²) in [7, 11) is 0. The lowest BCUT2D eigenvalue weighted by atomic mass is 9.82. The van der Waals surface area contributed by atoms with Crippen LogP contribution >= 0.6 is 0 Å². The van der Waals surface area contributed by atoms with Crippen molar-refractivity contribution in [2.24, 2.45) is 0 Å². The van der Waals surface area contributed by atoms with Crippen molar-refractivity contribution in [3.8, 4) is 66.8 Å². The fourth-order valence-corrected chi connectivity index (χ4v) is 8.35. The summed E-state index contributed by atoms with van der Waals surface area (Å²) in [6.07, 6.45) is 1.25. The van der Waals surface area contributed by atoms with Crippen LogP contribution in [0.2, 0.25) is 0 Å². The lowest BCUT2D eigenvalue weighted by Crippen LogP contribution is -1.93. The quantitative estimate of drug-likeness (QED) is 0.168. The fourth-order valence-electron chi connectivity index (χ4n) is 8.35. The molecule has 9 aromatic carbocycles. The summed E-state index contributed by atoms with van der Waals surface area (Å²) in [5, 5.41) is 5.22. The average Bonchev–Trinajstić information content (AvgIpc) is 3.60. The van der Waals surface area contributed by atoms with Gasteiger partial charge in [0.05, 0.1) is 0 Å². The minimum atomic E-state index is 1.25. The molecule has 0 saturated carbocycles. The Morgan fingerprint density at radius 1 is 0.310 bits per heavy atom. The van der Waals surface area contributed by atoms with E-state index in [4.69, 9.17) is 0 Å². The number of benzene rings is 9. The van der Waals surface area contributed by atoms with Gasteiger partial charge in [0.2, 0.25) is 0 Å². The van der Waals surface area contributed by atoms with Crippen molar-refractivity contribution < 1.29 is 0 Å². The molecule has 10 rings (SSSR count). The van der Waals surface area contributed by atoms with E-state index in [-0.39, 0.29) is 0 Å². The summed E-state index contributed by atoms with van der Waals surface area (Å²) in [4.78, 5) is 0. The lowest BCUT2D eigenvalue weighted by Gasteiger charge is -2.20. The van der Waals surface area contributed by atoms with E-state index in [2.05, 4.69) is 204 Å². The zero-order valence-corrected chi connectivity index (χ0v) is 35.1. The van der Waals surface area contributed by atoms with Crippen LogP contribution in [0.15, 0.2) is 188 Å². The van der Waals surface area contributed by atoms with Crippen molar-refractivity contribution in [1.82, 2.24) is 0 Å². The minimum absolute atomic E-state index is 1.25. The summed E-state index contributed by atoms with van der Waals surface area (Å²) < 4.78 is 0. The van der Waals surface area contributed by atoms with Crippen molar-refractivity contribution in [1.29, 1.82) is 0 Å². The predicted octanol–water partition coefficient (Wildman–Crippen LogP) is 17.4. The third-order valence-corrected chi connectivity index (χ3v) is 10.8. The van der Waals surface area contributed by atoms with Gasteiger partial charge in [0, 0.05) is 0 Å². The Kier molecular flexibility index (Phi) is 12.5. The van der Waals surface area contributed by atoms with E-state index in [1.54, 1.807) is 0 Å². The Balaban J connectivity index is 0.000000375. The molecule has 0 atom stereocenters. The van der Waals surface area contributed by atoms with Crippen LogP contribution in [-0.4, -0.2) is 0 Å². The SMILES string of the molecule is CC.CCC.Cc1ccccc1.Cc1ccccc1-c1cc(-c2ccc3c4c(cccc24)-c2c-3c(-c3ccccc3)c3ccccc3c2-c2ccccc2)ccc1C. The Morgan fingerprint density at radius 3 is 1.28 bits per heavy atom. The topological polar surface area (TPSA) is 0 Å². The molecule has 0 aliphatic heterocycles. The van der Waals surface area contributed by atoms with Gasteiger partial charge in [0.25, 0.3) is 0 Å². The Hall–Kier alpha value is -6.50. The number of hydrogen-bond donors (Lipinski definition) is 0. The Morgan fingerprint density at radius 2 is 0.741 bits per heavy atom. The molecule has 1 aliphatic carbocycles. The molecule has 0 N–H and O–H groups in total. The van der Waals surface area contributed by atoms with Gasteiger partial charge in [0.15, 0.2) is 0 Å². The van der Waals surface area contributed by atoms with E-state index in [9.17, 15) is 0 Å². The van der Waals surface area contributed by atoms with E-state index < -0.39 is 0 Å². The molecule has 0 bridgehead atoms. The van der Waals surface area contributed by atoms with Crippen LogP contribution in [0.5, 0.6) is 0 Å². The molecular formula is C58H54. The standard InChI is InChI=1S/C46H32.C7H8.C3H8.C2H6/c1-29-14-9-10-19-34(29)41-28-33(25-24-30(41)2)35-26-27-40-44-36(35)22-13-23-39(44)45-42(31-15-5-3-6-16-31)37-20-11-12-21-38(37)43(46(40)45)32-17-7-4-8-18-32;1-7-5-3-2-4-6-7;1-3-2;1-2/h3-28H,1-2H3;2-6H,1H3;3H2,1-2H3;1-2H3. The summed E-state index contributed by atoms with van der Waals surface area (Å²) in [6, 6.07) is 68.5. The third-order valence-electron chi connectivity index (χ3n) is 10.8. The summed E-state index contributed by atoms with van der Waals surface area (Å²) in [6.45, 7) is 14.8. The molecule has 9 aromatic rings. The van der Waals surface area contributed by atoms with Crippen molar-refractivity contribution in [3.05, 3.63) is 205 Å². The first-order chi connectivity index (χ1) is 28.5. The zero-order chi connectivity index (χ0) is 40.6. The molecule has 0 heterocycles. The molecule has 0 heteroatoms. The highest BCUT2D eigenvalue weighted by Crippen LogP contribution is 2.58. The minimum Gasteiger partial charge on any atom is -0.0683 e. The Bertz CT molecular complexity index is 2700. The Labute approximate surface area is 346 Å². The molecule has 0 fully saturated rings. The van der Waals surface area contributed by atoms with Crippen LogP contribution in [0.1, 0.15) is 50.8 Å². The van der Waals surface area contributed by atoms with Gasteiger partial charge in [-0.05, 0) is 126 Å². The monoisotopic (exact) mass is 750 g/mol. The molecule has 0 radical (unpaired) electrons. The highest BCUT2D eigenvalue weighted by Gasteiger charge is 2.31. The van der Waals surface area contributed by atoms with Crippen LogP contribution < -0.4 is 0 Å². The van der Waals surface area contributed by atoms with Gasteiger partial charge in [-0.15, -0.1) is 0 Å². The molecule has 0 amide bonds. The van der Waals surface area contributed by atoms with Gasteiger partial charge in [-0.2, -0.15) is 0 Å². The second-order valence-corrected chi connectivity index (χ2v) is 14.9. The van der Waals surface area contributed by atoms with E-state index in [0.717, 1.165) is 0 Å². The van der Waals surface area contributed by atoms with Gasteiger partial charge >= 0.3 is 0 Å². The zero-order valence-electron chi connectivity index (χ0n) is 35.1. The van der Waals surface area contributed by atoms with Crippen molar-refractivity contribution in [2.45, 2.75) is 54.9 Å². The van der Waals surface area contributed by atoms with Gasteiger partial charge in [-0.1, -0.05) is 222 Å². The summed E-state index contributed by atoms with van der Waals surface area (Å²) in [5.74, 6) is 0. The van der Waals surface area contributed by atoms with Gasteiger partial charge < -0.3 is 0 Å². The van der Waals surface area contributed by atoms with Crippen molar-refractivity contribution in [2.75, 3.05) is 0 Å². The number of fused-ring (bicyclic) bond motifs is 4. The maximum Gasteiger partial charge on any atom is -0.000741 e. The predicted molar refractivity (Wildman–Crippen MR) is 256 cm³/mol. The molecule has 286 valence electrons. The average molecular weight is 751 g/mol. The fraction of sp³-hybridized carbons (Fsp3) is 0.138. The first-order valence-corrected chi connectivity index (χ1v) is 20.9. The number of aryl methyl sites for hydroxylation is 3.